The van der Waals surface area contributed by atoms with Crippen LogP contribution in [0.3, 0.4) is 0 Å². The van der Waals surface area contributed by atoms with Crippen LogP contribution in [0, 0.1) is 10.1 Å². The van der Waals surface area contributed by atoms with Crippen LogP contribution in [-0.2, 0) is 19.6 Å². The van der Waals surface area contributed by atoms with Gasteiger partial charge >= 0.3 is 0 Å². The van der Waals surface area contributed by atoms with Gasteiger partial charge in [0.1, 0.15) is 5.69 Å². The lowest BCUT2D eigenvalue weighted by molar-refractivity contribution is -0.384. The number of fused-ring (bicyclic) bond motifs is 3. The minimum Gasteiger partial charge on any atom is -0.419 e. The van der Waals surface area contributed by atoms with Crippen LogP contribution in [0.2, 0.25) is 0 Å². The van der Waals surface area contributed by atoms with Crippen molar-refractivity contribution >= 4 is 33.4 Å². The zero-order valence-electron chi connectivity index (χ0n) is 28.7. The second-order valence-corrected chi connectivity index (χ2v) is 13.4. The molecular formula is C37H36N10O5. The summed E-state index contributed by atoms with van der Waals surface area (Å²) in [6.45, 7) is 6.54. The molecule has 264 valence electrons. The number of nitro groups is 1. The van der Waals surface area contributed by atoms with Crippen LogP contribution >= 0.6 is 0 Å². The fourth-order valence-corrected chi connectivity index (χ4v) is 6.97. The summed E-state index contributed by atoms with van der Waals surface area (Å²) in [6.07, 6.45) is 4.02. The molecule has 1 unspecified atom stereocenters. The summed E-state index contributed by atoms with van der Waals surface area (Å²) in [7, 11) is 0. The molecule has 15 heteroatoms. The van der Waals surface area contributed by atoms with Gasteiger partial charge < -0.3 is 18.4 Å². The molecule has 0 radical (unpaired) electrons. The zero-order valence-corrected chi connectivity index (χ0v) is 28.7. The van der Waals surface area contributed by atoms with Crippen LogP contribution < -0.4 is 0 Å². The normalized spacial score (nSPS) is 15.2. The number of amides is 1. The lowest BCUT2D eigenvalue weighted by Crippen LogP contribution is -2.37. The molecule has 1 saturated heterocycles. The van der Waals surface area contributed by atoms with Crippen molar-refractivity contribution in [1.82, 2.24) is 44.7 Å². The van der Waals surface area contributed by atoms with Gasteiger partial charge in [-0.15, -0.1) is 15.3 Å². The van der Waals surface area contributed by atoms with Crippen LogP contribution in [-0.4, -0.2) is 74.7 Å². The van der Waals surface area contributed by atoms with Gasteiger partial charge in [0.25, 0.3) is 11.6 Å². The number of para-hydroxylation sites is 2. The van der Waals surface area contributed by atoms with Crippen molar-refractivity contribution in [1.29, 1.82) is 0 Å². The van der Waals surface area contributed by atoms with E-state index in [0.29, 0.717) is 24.4 Å². The monoisotopic (exact) mass is 700 g/mol. The van der Waals surface area contributed by atoms with E-state index in [-0.39, 0.29) is 47.7 Å². The number of hydrogen-bond donors (Lipinski definition) is 0. The Balaban J connectivity index is 0.912. The Morgan fingerprint density at radius 2 is 1.75 bits per heavy atom. The van der Waals surface area contributed by atoms with E-state index in [1.807, 2.05) is 18.5 Å². The van der Waals surface area contributed by atoms with Crippen molar-refractivity contribution in [3.05, 3.63) is 118 Å². The maximum Gasteiger partial charge on any atom is 0.276 e. The lowest BCUT2D eigenvalue weighted by atomic mass is 10.1. The summed E-state index contributed by atoms with van der Waals surface area (Å²) in [5.41, 5.74) is 3.76. The first-order valence-corrected chi connectivity index (χ1v) is 17.2. The summed E-state index contributed by atoms with van der Waals surface area (Å²) < 4.78 is 15.7. The maximum atomic E-state index is 13.6. The summed E-state index contributed by atoms with van der Waals surface area (Å²) in [5, 5.41) is 35.0. The van der Waals surface area contributed by atoms with Gasteiger partial charge in [0.05, 0.1) is 36.8 Å². The Kier molecular flexibility index (Phi) is 8.76. The van der Waals surface area contributed by atoms with Crippen LogP contribution in [0.5, 0.6) is 0 Å². The zero-order chi connectivity index (χ0) is 35.8. The summed E-state index contributed by atoms with van der Waals surface area (Å²) in [5.74, 6) is 0.570. The molecule has 15 nitrogen and oxygen atoms in total. The first-order chi connectivity index (χ1) is 25.3. The van der Waals surface area contributed by atoms with Gasteiger partial charge in [-0.25, -0.2) is 4.68 Å². The van der Waals surface area contributed by atoms with Gasteiger partial charge in [-0.1, -0.05) is 52.8 Å². The smallest absolute Gasteiger partial charge is 0.276 e. The van der Waals surface area contributed by atoms with Crippen LogP contribution in [0.15, 0.2) is 94.0 Å². The topological polar surface area (TPSA) is 167 Å². The van der Waals surface area contributed by atoms with E-state index in [4.69, 9.17) is 8.94 Å². The molecule has 3 aromatic carbocycles. The molecule has 0 N–H and O–H groups in total. The quantitative estimate of drug-likeness (QED) is 0.110. The van der Waals surface area contributed by atoms with E-state index in [2.05, 4.69) is 89.9 Å². The molecule has 0 bridgehead atoms. The second-order valence-electron chi connectivity index (χ2n) is 13.4. The number of likely N-dealkylation sites (tertiary alicyclic amines) is 1. The van der Waals surface area contributed by atoms with Crippen molar-refractivity contribution in [2.75, 3.05) is 13.1 Å². The number of rotatable bonds is 11. The van der Waals surface area contributed by atoms with Gasteiger partial charge in [-0.05, 0) is 51.4 Å². The molecule has 7 aromatic rings. The number of aromatic nitrogens is 7. The highest BCUT2D eigenvalue weighted by Crippen LogP contribution is 2.30. The number of carbonyl (C=O) groups is 1. The van der Waals surface area contributed by atoms with E-state index >= 15 is 0 Å². The number of carbonyl (C=O) groups excluding carboxylic acids is 1. The number of nitrogens with zero attached hydrogens (tertiary/aromatic N) is 10. The third kappa shape index (κ3) is 6.53. The molecule has 1 fully saturated rings. The van der Waals surface area contributed by atoms with Crippen LogP contribution in [0.25, 0.3) is 33.3 Å². The largest absolute Gasteiger partial charge is 0.419 e. The summed E-state index contributed by atoms with van der Waals surface area (Å²) in [4.78, 5) is 28.1. The lowest BCUT2D eigenvalue weighted by Gasteiger charge is -2.31. The highest BCUT2D eigenvalue weighted by molar-refractivity contribution is 6.08. The maximum absolute atomic E-state index is 13.6. The standard InChI is InChI=1S/C37H36N10O5/c1-24(2)44(23-35-39-40-36(51-35)25-9-7-10-27(17-25)47(49)50)37(48)32-18-29(52-41-32)22-43-16-8-11-28(21-43)46-20-26(38-42-46)19-45-33-14-5-3-12-30(33)31-13-4-6-15-34(31)45/h3-7,9-10,12-15,17-18,20,24,28H,8,11,16,19,21-23H2,1-2H3. The van der Waals surface area contributed by atoms with Crippen molar-refractivity contribution in [3.63, 3.8) is 0 Å². The fraction of sp³-hybridized carbons (Fsp3) is 0.297. The third-order valence-corrected chi connectivity index (χ3v) is 9.53. The predicted octanol–water partition coefficient (Wildman–Crippen LogP) is 6.27. The number of non-ortho nitro benzene ring substituents is 1. The molecular weight excluding hydrogens is 664 g/mol. The molecule has 1 atom stereocenters. The van der Waals surface area contributed by atoms with Gasteiger partial charge in [-0.2, -0.15) is 0 Å². The highest BCUT2D eigenvalue weighted by atomic mass is 16.6. The molecule has 1 aliphatic rings. The SMILES string of the molecule is CC(C)N(Cc1nnc(-c2cccc([N+](=O)[O-])c2)o1)C(=O)c1cc(CN2CCCC(n3cc(Cn4c5ccccc5c5ccccc54)nn3)C2)on1. The number of piperidine rings is 1. The van der Waals surface area contributed by atoms with E-state index in [0.717, 1.165) is 31.6 Å². The summed E-state index contributed by atoms with van der Waals surface area (Å²) in [6, 6.07) is 24.4. The van der Waals surface area contributed by atoms with Gasteiger partial charge in [0, 0.05) is 58.2 Å². The molecule has 8 rings (SSSR count). The Morgan fingerprint density at radius 3 is 2.50 bits per heavy atom. The molecule has 1 amide bonds. The number of nitro benzene ring substituents is 1. The van der Waals surface area contributed by atoms with Gasteiger partial charge in [0.2, 0.25) is 11.8 Å². The minimum atomic E-state index is -0.489. The number of benzene rings is 3. The Bertz CT molecular complexity index is 2340. The second kappa shape index (κ2) is 13.8. The molecule has 0 spiro atoms. The van der Waals surface area contributed by atoms with E-state index in [1.54, 1.807) is 23.1 Å². The van der Waals surface area contributed by atoms with Crippen molar-refractivity contribution in [2.24, 2.45) is 0 Å². The van der Waals surface area contributed by atoms with Crippen LogP contribution in [0.4, 0.5) is 5.69 Å². The first kappa shape index (κ1) is 33.0. The molecule has 52 heavy (non-hydrogen) atoms. The molecule has 0 aliphatic carbocycles. The van der Waals surface area contributed by atoms with Gasteiger partial charge in [-0.3, -0.25) is 19.8 Å². The Hall–Kier alpha value is -6.22. The van der Waals surface area contributed by atoms with E-state index < -0.39 is 4.92 Å². The predicted molar refractivity (Wildman–Crippen MR) is 190 cm³/mol. The van der Waals surface area contributed by atoms with Crippen molar-refractivity contribution in [3.8, 4) is 11.5 Å². The van der Waals surface area contributed by atoms with Crippen molar-refractivity contribution < 1.29 is 18.7 Å². The fourth-order valence-electron chi connectivity index (χ4n) is 6.97. The van der Waals surface area contributed by atoms with Gasteiger partial charge in [0.15, 0.2) is 11.5 Å². The first-order valence-electron chi connectivity index (χ1n) is 17.2. The Morgan fingerprint density at radius 1 is 0.981 bits per heavy atom. The molecule has 4 aromatic heterocycles. The Labute approximate surface area is 297 Å². The summed E-state index contributed by atoms with van der Waals surface area (Å²) >= 11 is 0. The van der Waals surface area contributed by atoms with E-state index in [9.17, 15) is 14.9 Å². The molecule has 0 saturated carbocycles. The van der Waals surface area contributed by atoms with Crippen molar-refractivity contribution in [2.45, 2.75) is 58.4 Å². The average molecular weight is 701 g/mol. The van der Waals surface area contributed by atoms with E-state index in [1.165, 1.54) is 33.9 Å². The minimum absolute atomic E-state index is 0.0328. The third-order valence-electron chi connectivity index (χ3n) is 9.53. The van der Waals surface area contributed by atoms with Crippen LogP contribution in [0.1, 0.15) is 60.6 Å². The molecule has 5 heterocycles. The number of hydrogen-bond acceptors (Lipinski definition) is 11. The highest BCUT2D eigenvalue weighted by Gasteiger charge is 2.27. The molecule has 1 aliphatic heterocycles. The average Bonchev–Trinajstić information content (AvgIpc) is 3.98.